The maximum Gasteiger partial charge on any atom is 0.123 e. The predicted octanol–water partition coefficient (Wildman–Crippen LogP) is 2.91. The molecule has 1 fully saturated rings. The molecule has 1 saturated heterocycles. The van der Waals surface area contributed by atoms with Gasteiger partial charge in [-0.15, -0.1) is 0 Å². The van der Waals surface area contributed by atoms with Crippen molar-refractivity contribution in [1.29, 1.82) is 0 Å². The molecule has 1 aromatic rings. The van der Waals surface area contributed by atoms with Crippen molar-refractivity contribution in [3.05, 3.63) is 23.4 Å². The highest BCUT2D eigenvalue weighted by Crippen LogP contribution is 2.33. The summed E-state index contributed by atoms with van der Waals surface area (Å²) in [6.07, 6.45) is 3.87. The number of hydrogen-bond acceptors (Lipinski definition) is 3. The fourth-order valence-electron chi connectivity index (χ4n) is 2.85. The Morgan fingerprint density at radius 3 is 2.76 bits per heavy atom. The molecule has 3 nitrogen and oxygen atoms in total. The van der Waals surface area contributed by atoms with Gasteiger partial charge in [0.05, 0.1) is 0 Å². The van der Waals surface area contributed by atoms with Crippen LogP contribution in [0.3, 0.4) is 0 Å². The third-order valence-electron chi connectivity index (χ3n) is 3.71. The van der Waals surface area contributed by atoms with E-state index in [1.54, 1.807) is 0 Å². The lowest BCUT2D eigenvalue weighted by atomic mass is 9.93. The topological polar surface area (TPSA) is 42.1 Å². The number of piperidine rings is 1. The summed E-state index contributed by atoms with van der Waals surface area (Å²) in [6, 6.07) is 5.20. The minimum atomic E-state index is 0.525. The Hall–Kier alpha value is -1.09. The zero-order valence-corrected chi connectivity index (χ0v) is 11.1. The highest BCUT2D eigenvalue weighted by molar-refractivity contribution is 5.35. The molecule has 0 saturated carbocycles. The van der Waals surface area contributed by atoms with Gasteiger partial charge in [-0.2, -0.15) is 0 Å². The molecule has 0 spiro atoms. The predicted molar refractivity (Wildman–Crippen MR) is 71.8 cm³/mol. The fourth-order valence-corrected chi connectivity index (χ4v) is 2.85. The van der Waals surface area contributed by atoms with Gasteiger partial charge in [-0.25, -0.2) is 4.98 Å². The van der Waals surface area contributed by atoms with Crippen LogP contribution in [0, 0.1) is 6.92 Å². The highest BCUT2D eigenvalue weighted by Gasteiger charge is 2.27. The van der Waals surface area contributed by atoms with Crippen molar-refractivity contribution >= 4 is 5.82 Å². The number of rotatable bonds is 2. The molecular weight excluding hydrogens is 210 g/mol. The van der Waals surface area contributed by atoms with Crippen LogP contribution >= 0.6 is 0 Å². The summed E-state index contributed by atoms with van der Waals surface area (Å²) in [5.41, 5.74) is 8.17. The average molecular weight is 233 g/mol. The van der Waals surface area contributed by atoms with Crippen molar-refractivity contribution in [1.82, 2.24) is 9.88 Å². The standard InChI is InChI=1S/C14H23N3/c1-10(2)17-9-5-4-6-13(17)12-7-8-14(15)16-11(12)3/h7-8,10,13H,4-6,9H2,1-3H3,(H2,15,16). The van der Waals surface area contributed by atoms with Crippen LogP contribution in [-0.2, 0) is 0 Å². The first-order valence-electron chi connectivity index (χ1n) is 6.58. The van der Waals surface area contributed by atoms with Gasteiger partial charge in [0, 0.05) is 17.8 Å². The summed E-state index contributed by atoms with van der Waals surface area (Å²) in [5, 5.41) is 0. The molecular formula is C14H23N3. The largest absolute Gasteiger partial charge is 0.384 e. The number of nitrogen functional groups attached to an aromatic ring is 1. The van der Waals surface area contributed by atoms with E-state index in [-0.39, 0.29) is 0 Å². The second-order valence-corrected chi connectivity index (χ2v) is 5.25. The number of aromatic nitrogens is 1. The number of hydrogen-bond donors (Lipinski definition) is 1. The molecule has 17 heavy (non-hydrogen) atoms. The second-order valence-electron chi connectivity index (χ2n) is 5.25. The van der Waals surface area contributed by atoms with Gasteiger partial charge < -0.3 is 5.73 Å². The van der Waals surface area contributed by atoms with Gasteiger partial charge in [-0.3, -0.25) is 4.90 Å². The molecule has 1 aromatic heterocycles. The molecule has 3 heteroatoms. The molecule has 0 bridgehead atoms. The van der Waals surface area contributed by atoms with Gasteiger partial charge in [0.2, 0.25) is 0 Å². The fraction of sp³-hybridized carbons (Fsp3) is 0.643. The van der Waals surface area contributed by atoms with E-state index in [2.05, 4.69) is 36.7 Å². The maximum absolute atomic E-state index is 5.73. The first-order valence-corrected chi connectivity index (χ1v) is 6.58. The van der Waals surface area contributed by atoms with Crippen LogP contribution in [0.2, 0.25) is 0 Å². The Morgan fingerprint density at radius 2 is 2.12 bits per heavy atom. The Kier molecular flexibility index (Phi) is 3.67. The summed E-state index contributed by atoms with van der Waals surface area (Å²) in [5.74, 6) is 0.623. The molecule has 1 aliphatic rings. The third-order valence-corrected chi connectivity index (χ3v) is 3.71. The lowest BCUT2D eigenvalue weighted by molar-refractivity contribution is 0.111. The molecule has 94 valence electrons. The van der Waals surface area contributed by atoms with Gasteiger partial charge in [-0.05, 0) is 51.8 Å². The summed E-state index contributed by atoms with van der Waals surface area (Å²) in [6.45, 7) is 7.82. The van der Waals surface area contributed by atoms with E-state index >= 15 is 0 Å². The molecule has 0 aliphatic carbocycles. The van der Waals surface area contributed by atoms with Gasteiger partial charge in [0.25, 0.3) is 0 Å². The smallest absolute Gasteiger partial charge is 0.123 e. The third kappa shape index (κ3) is 2.60. The lowest BCUT2D eigenvalue weighted by Gasteiger charge is -2.39. The molecule has 1 aliphatic heterocycles. The molecule has 0 radical (unpaired) electrons. The normalized spacial score (nSPS) is 22.0. The molecule has 2 heterocycles. The monoisotopic (exact) mass is 233 g/mol. The first kappa shape index (κ1) is 12.4. The van der Waals surface area contributed by atoms with Crippen LogP contribution in [0.15, 0.2) is 12.1 Å². The minimum absolute atomic E-state index is 0.525. The summed E-state index contributed by atoms with van der Waals surface area (Å²) in [7, 11) is 0. The Balaban J connectivity index is 2.29. The van der Waals surface area contributed by atoms with E-state index in [0.29, 0.717) is 17.9 Å². The van der Waals surface area contributed by atoms with E-state index < -0.39 is 0 Å². The van der Waals surface area contributed by atoms with Crippen LogP contribution in [0.1, 0.15) is 50.4 Å². The first-order chi connectivity index (χ1) is 8.09. The van der Waals surface area contributed by atoms with Crippen LogP contribution in [0.25, 0.3) is 0 Å². The van der Waals surface area contributed by atoms with Crippen molar-refractivity contribution in [3.8, 4) is 0 Å². The number of pyridine rings is 1. The van der Waals surface area contributed by atoms with Crippen molar-refractivity contribution < 1.29 is 0 Å². The van der Waals surface area contributed by atoms with Crippen molar-refractivity contribution in [2.45, 2.75) is 52.1 Å². The van der Waals surface area contributed by atoms with E-state index in [0.717, 1.165) is 5.69 Å². The van der Waals surface area contributed by atoms with Crippen LogP contribution < -0.4 is 5.73 Å². The molecule has 2 N–H and O–H groups in total. The van der Waals surface area contributed by atoms with Gasteiger partial charge >= 0.3 is 0 Å². The van der Waals surface area contributed by atoms with Crippen molar-refractivity contribution in [2.75, 3.05) is 12.3 Å². The second kappa shape index (κ2) is 5.05. The van der Waals surface area contributed by atoms with Crippen molar-refractivity contribution in [2.24, 2.45) is 0 Å². The SMILES string of the molecule is Cc1nc(N)ccc1C1CCCCN1C(C)C. The zero-order chi connectivity index (χ0) is 12.4. The molecule has 1 atom stereocenters. The van der Waals surface area contributed by atoms with Gasteiger partial charge in [0.15, 0.2) is 0 Å². The summed E-state index contributed by atoms with van der Waals surface area (Å²) >= 11 is 0. The highest BCUT2D eigenvalue weighted by atomic mass is 15.2. The summed E-state index contributed by atoms with van der Waals surface area (Å²) < 4.78 is 0. The number of aryl methyl sites for hydroxylation is 1. The van der Waals surface area contributed by atoms with E-state index in [1.165, 1.54) is 31.4 Å². The van der Waals surface area contributed by atoms with Gasteiger partial charge in [-0.1, -0.05) is 12.5 Å². The summed E-state index contributed by atoms with van der Waals surface area (Å²) in [4.78, 5) is 6.98. The van der Waals surface area contributed by atoms with Crippen molar-refractivity contribution in [3.63, 3.8) is 0 Å². The zero-order valence-electron chi connectivity index (χ0n) is 11.1. The Labute approximate surface area is 104 Å². The van der Waals surface area contributed by atoms with Crippen LogP contribution in [0.5, 0.6) is 0 Å². The van der Waals surface area contributed by atoms with Crippen LogP contribution in [-0.4, -0.2) is 22.5 Å². The van der Waals surface area contributed by atoms with Crippen LogP contribution in [0.4, 0.5) is 5.82 Å². The van der Waals surface area contributed by atoms with E-state index in [9.17, 15) is 0 Å². The Morgan fingerprint density at radius 1 is 1.35 bits per heavy atom. The maximum atomic E-state index is 5.73. The quantitative estimate of drug-likeness (QED) is 0.854. The molecule has 1 unspecified atom stereocenters. The number of nitrogens with two attached hydrogens (primary N) is 1. The van der Waals surface area contributed by atoms with E-state index in [4.69, 9.17) is 5.73 Å². The average Bonchev–Trinajstić information content (AvgIpc) is 2.29. The number of likely N-dealkylation sites (tertiary alicyclic amines) is 1. The number of nitrogens with zero attached hydrogens (tertiary/aromatic N) is 2. The molecule has 0 amide bonds. The molecule has 0 aromatic carbocycles. The Bertz CT molecular complexity index is 387. The minimum Gasteiger partial charge on any atom is -0.384 e. The molecule has 2 rings (SSSR count). The van der Waals surface area contributed by atoms with E-state index in [1.807, 2.05) is 6.07 Å². The number of anilines is 1. The van der Waals surface area contributed by atoms with Gasteiger partial charge in [0.1, 0.15) is 5.82 Å². The lowest BCUT2D eigenvalue weighted by Crippen LogP contribution is -2.38.